The first-order chi connectivity index (χ1) is 13.9. The van der Waals surface area contributed by atoms with E-state index in [9.17, 15) is 14.0 Å². The summed E-state index contributed by atoms with van der Waals surface area (Å²) in [5, 5.41) is -0.433. The number of hydrogen-bond acceptors (Lipinski definition) is 5. The van der Waals surface area contributed by atoms with E-state index in [0.29, 0.717) is 23.7 Å². The summed E-state index contributed by atoms with van der Waals surface area (Å²) in [4.78, 5) is 26.3. The van der Waals surface area contributed by atoms with Gasteiger partial charge < -0.3 is 9.47 Å². The predicted octanol–water partition coefficient (Wildman–Crippen LogP) is 5.24. The highest BCUT2D eigenvalue weighted by Crippen LogP contribution is 2.37. The Morgan fingerprint density at radius 2 is 2.03 bits per heavy atom. The molecular formula is C21H17FINO4S. The third-order valence-electron chi connectivity index (χ3n) is 4.05. The summed E-state index contributed by atoms with van der Waals surface area (Å²) in [6.45, 7) is 3.85. The SMILES string of the molecule is C=CCOc1c(I)cc(/C=C2\SC(=O)N(Cc3ccccc3F)C2=O)cc1OC. The largest absolute Gasteiger partial charge is 0.493 e. The van der Waals surface area contributed by atoms with Crippen LogP contribution in [0.15, 0.2) is 54.0 Å². The van der Waals surface area contributed by atoms with Crippen LogP contribution in [0.25, 0.3) is 6.08 Å². The number of methoxy groups -OCH3 is 1. The topological polar surface area (TPSA) is 55.8 Å². The Balaban J connectivity index is 1.86. The van der Waals surface area contributed by atoms with E-state index in [4.69, 9.17) is 9.47 Å². The molecule has 3 rings (SSSR count). The molecule has 2 amide bonds. The van der Waals surface area contributed by atoms with Crippen LogP contribution in [0.1, 0.15) is 11.1 Å². The van der Waals surface area contributed by atoms with Crippen LogP contribution in [0.2, 0.25) is 0 Å². The second kappa shape index (κ2) is 9.45. The highest BCUT2D eigenvalue weighted by molar-refractivity contribution is 14.1. The minimum absolute atomic E-state index is 0.107. The molecule has 2 aromatic carbocycles. The Morgan fingerprint density at radius 3 is 2.72 bits per heavy atom. The van der Waals surface area contributed by atoms with E-state index in [2.05, 4.69) is 29.2 Å². The van der Waals surface area contributed by atoms with Gasteiger partial charge in [0.15, 0.2) is 11.5 Å². The molecule has 1 fully saturated rings. The molecule has 0 unspecified atom stereocenters. The summed E-state index contributed by atoms with van der Waals surface area (Å²) in [5.74, 6) is 0.183. The fraction of sp³-hybridized carbons (Fsp3) is 0.143. The number of benzene rings is 2. The maximum Gasteiger partial charge on any atom is 0.293 e. The van der Waals surface area contributed by atoms with Gasteiger partial charge in [0.2, 0.25) is 0 Å². The van der Waals surface area contributed by atoms with E-state index >= 15 is 0 Å². The van der Waals surface area contributed by atoms with E-state index in [1.54, 1.807) is 36.4 Å². The Hall–Kier alpha value is -2.33. The van der Waals surface area contributed by atoms with Crippen LogP contribution in [0, 0.1) is 9.39 Å². The number of amides is 2. The van der Waals surface area contributed by atoms with Crippen molar-refractivity contribution in [1.29, 1.82) is 0 Å². The zero-order valence-electron chi connectivity index (χ0n) is 15.5. The first kappa shape index (κ1) is 21.4. The Labute approximate surface area is 185 Å². The quantitative estimate of drug-likeness (QED) is 0.281. The first-order valence-corrected chi connectivity index (χ1v) is 10.4. The molecule has 0 bridgehead atoms. The molecule has 5 nitrogen and oxygen atoms in total. The fourth-order valence-electron chi connectivity index (χ4n) is 2.69. The van der Waals surface area contributed by atoms with Gasteiger partial charge in [-0.25, -0.2) is 4.39 Å². The van der Waals surface area contributed by atoms with Crippen LogP contribution in [0.4, 0.5) is 9.18 Å². The maximum absolute atomic E-state index is 13.9. The minimum Gasteiger partial charge on any atom is -0.493 e. The predicted molar refractivity (Wildman–Crippen MR) is 119 cm³/mol. The van der Waals surface area contributed by atoms with Crippen molar-refractivity contribution in [3.8, 4) is 11.5 Å². The van der Waals surface area contributed by atoms with Crippen molar-refractivity contribution in [3.05, 3.63) is 74.5 Å². The average Bonchev–Trinajstić information content (AvgIpc) is 2.95. The smallest absolute Gasteiger partial charge is 0.293 e. The van der Waals surface area contributed by atoms with Gasteiger partial charge in [-0.3, -0.25) is 14.5 Å². The van der Waals surface area contributed by atoms with Gasteiger partial charge in [0.05, 0.1) is 22.1 Å². The number of thioether (sulfide) groups is 1. The van der Waals surface area contributed by atoms with Gasteiger partial charge >= 0.3 is 0 Å². The standard InChI is InChI=1S/C21H17FINO4S/c1-3-8-28-19-16(23)9-13(10-17(19)27-2)11-18-20(25)24(21(26)29-18)12-14-6-4-5-7-15(14)22/h3-7,9-11H,1,8,12H2,2H3/b18-11-. The molecule has 1 aliphatic heterocycles. The van der Waals surface area contributed by atoms with Crippen molar-refractivity contribution in [2.24, 2.45) is 0 Å². The van der Waals surface area contributed by atoms with Crippen molar-refractivity contribution in [1.82, 2.24) is 4.90 Å². The van der Waals surface area contributed by atoms with Crippen LogP contribution < -0.4 is 9.47 Å². The number of rotatable bonds is 7. The Morgan fingerprint density at radius 1 is 1.28 bits per heavy atom. The van der Waals surface area contributed by atoms with Gasteiger partial charge in [0.25, 0.3) is 11.1 Å². The third kappa shape index (κ3) is 4.81. The molecule has 0 atom stereocenters. The number of hydrogen-bond donors (Lipinski definition) is 0. The summed E-state index contributed by atoms with van der Waals surface area (Å²) in [7, 11) is 1.53. The lowest BCUT2D eigenvalue weighted by Crippen LogP contribution is -2.27. The molecule has 0 saturated carbocycles. The second-order valence-corrected chi connectivity index (χ2v) is 8.15. The Bertz CT molecular complexity index is 1010. The normalized spacial score (nSPS) is 15.1. The lowest BCUT2D eigenvalue weighted by molar-refractivity contribution is -0.123. The third-order valence-corrected chi connectivity index (χ3v) is 5.76. The molecule has 0 radical (unpaired) electrons. The van der Waals surface area contributed by atoms with Crippen LogP contribution in [-0.4, -0.2) is 29.8 Å². The monoisotopic (exact) mass is 525 g/mol. The van der Waals surface area contributed by atoms with Gasteiger partial charge in [-0.1, -0.05) is 30.9 Å². The van der Waals surface area contributed by atoms with Gasteiger partial charge in [-0.05, 0) is 64.2 Å². The number of carbonyl (C=O) groups is 2. The molecule has 8 heteroatoms. The van der Waals surface area contributed by atoms with Gasteiger partial charge in [0.1, 0.15) is 12.4 Å². The van der Waals surface area contributed by atoms with E-state index in [1.807, 2.05) is 6.07 Å². The van der Waals surface area contributed by atoms with E-state index in [-0.39, 0.29) is 17.0 Å². The minimum atomic E-state index is -0.454. The molecule has 2 aromatic rings. The lowest BCUT2D eigenvalue weighted by atomic mass is 10.1. The molecule has 0 aromatic heterocycles. The molecular weight excluding hydrogens is 508 g/mol. The van der Waals surface area contributed by atoms with Crippen LogP contribution in [0.5, 0.6) is 11.5 Å². The number of carbonyl (C=O) groups excluding carboxylic acids is 2. The van der Waals surface area contributed by atoms with Crippen LogP contribution >= 0.6 is 34.4 Å². The zero-order valence-corrected chi connectivity index (χ0v) is 18.5. The van der Waals surface area contributed by atoms with Crippen molar-refractivity contribution < 1.29 is 23.5 Å². The molecule has 1 saturated heterocycles. The zero-order chi connectivity index (χ0) is 21.0. The lowest BCUT2D eigenvalue weighted by Gasteiger charge is -2.13. The highest BCUT2D eigenvalue weighted by atomic mass is 127. The number of halogens is 2. The van der Waals surface area contributed by atoms with Crippen molar-refractivity contribution >= 4 is 51.6 Å². The summed E-state index contributed by atoms with van der Waals surface area (Å²) in [6.07, 6.45) is 3.25. The van der Waals surface area contributed by atoms with E-state index < -0.39 is 17.0 Å². The summed E-state index contributed by atoms with van der Waals surface area (Å²) in [5.41, 5.74) is 0.976. The van der Waals surface area contributed by atoms with Crippen LogP contribution in [0.3, 0.4) is 0 Å². The van der Waals surface area contributed by atoms with Crippen molar-refractivity contribution in [2.75, 3.05) is 13.7 Å². The van der Waals surface area contributed by atoms with Crippen molar-refractivity contribution in [2.45, 2.75) is 6.54 Å². The molecule has 0 N–H and O–H groups in total. The number of ether oxygens (including phenoxy) is 2. The first-order valence-electron chi connectivity index (χ1n) is 8.54. The number of imide groups is 1. The number of nitrogens with zero attached hydrogens (tertiary/aromatic N) is 1. The average molecular weight is 525 g/mol. The van der Waals surface area contributed by atoms with Gasteiger partial charge in [-0.2, -0.15) is 0 Å². The summed E-state index contributed by atoms with van der Waals surface area (Å²) >= 11 is 2.94. The fourth-order valence-corrected chi connectivity index (χ4v) is 4.31. The van der Waals surface area contributed by atoms with Crippen LogP contribution in [-0.2, 0) is 11.3 Å². The Kier molecular flexibility index (Phi) is 6.96. The second-order valence-electron chi connectivity index (χ2n) is 5.99. The molecule has 0 spiro atoms. The van der Waals surface area contributed by atoms with Gasteiger partial charge in [-0.15, -0.1) is 0 Å². The van der Waals surface area contributed by atoms with Gasteiger partial charge in [0, 0.05) is 5.56 Å². The molecule has 0 aliphatic carbocycles. The molecule has 1 aliphatic rings. The maximum atomic E-state index is 13.9. The molecule has 1 heterocycles. The van der Waals surface area contributed by atoms with E-state index in [0.717, 1.165) is 20.2 Å². The highest BCUT2D eigenvalue weighted by Gasteiger charge is 2.35. The summed E-state index contributed by atoms with van der Waals surface area (Å²) in [6, 6.07) is 9.63. The molecule has 29 heavy (non-hydrogen) atoms. The summed E-state index contributed by atoms with van der Waals surface area (Å²) < 4.78 is 25.7. The van der Waals surface area contributed by atoms with E-state index in [1.165, 1.54) is 13.2 Å². The molecule has 150 valence electrons. The van der Waals surface area contributed by atoms with Crippen molar-refractivity contribution in [3.63, 3.8) is 0 Å².